The Labute approximate surface area is 123 Å². The van der Waals surface area contributed by atoms with E-state index >= 15 is 0 Å². The number of piperazine rings is 1. The van der Waals surface area contributed by atoms with Crippen molar-refractivity contribution in [2.45, 2.75) is 13.5 Å². The minimum absolute atomic E-state index is 0.128. The first-order valence-electron chi connectivity index (χ1n) is 6.98. The summed E-state index contributed by atoms with van der Waals surface area (Å²) in [6.07, 6.45) is 3.50. The van der Waals surface area contributed by atoms with Gasteiger partial charge in [0.2, 0.25) is 0 Å². The lowest BCUT2D eigenvalue weighted by Gasteiger charge is -2.36. The molecule has 0 unspecified atom stereocenters. The highest BCUT2D eigenvalue weighted by Crippen LogP contribution is 2.18. The molecule has 1 saturated heterocycles. The summed E-state index contributed by atoms with van der Waals surface area (Å²) < 4.78 is 0. The van der Waals surface area contributed by atoms with Gasteiger partial charge in [0.1, 0.15) is 12.4 Å². The van der Waals surface area contributed by atoms with Crippen LogP contribution in [-0.4, -0.2) is 51.5 Å². The Kier molecular flexibility index (Phi) is 3.92. The first-order chi connectivity index (χ1) is 10.3. The molecule has 0 radical (unpaired) electrons. The predicted octanol–water partition coefficient (Wildman–Crippen LogP) is 0.394. The average Bonchev–Trinajstić information content (AvgIpc) is 2.55. The van der Waals surface area contributed by atoms with Gasteiger partial charge in [-0.3, -0.25) is 0 Å². The van der Waals surface area contributed by atoms with Crippen LogP contribution in [-0.2, 0) is 6.61 Å². The first kappa shape index (κ1) is 13.7. The lowest BCUT2D eigenvalue weighted by Crippen LogP contribution is -2.47. The van der Waals surface area contributed by atoms with Crippen molar-refractivity contribution in [3.63, 3.8) is 0 Å². The second-order valence-electron chi connectivity index (χ2n) is 5.02. The number of aliphatic hydroxyl groups is 1. The van der Waals surface area contributed by atoms with Gasteiger partial charge in [0.15, 0.2) is 5.82 Å². The maximum Gasteiger partial charge on any atom is 0.156 e. The van der Waals surface area contributed by atoms with Crippen molar-refractivity contribution in [2.75, 3.05) is 36.0 Å². The van der Waals surface area contributed by atoms with Crippen molar-refractivity contribution in [3.05, 3.63) is 36.0 Å². The molecule has 0 aliphatic carbocycles. The molecule has 0 atom stereocenters. The Morgan fingerprint density at radius 1 is 1.10 bits per heavy atom. The molecule has 1 aliphatic heterocycles. The molecule has 2 aromatic heterocycles. The Bertz CT molecular complexity index is 598. The van der Waals surface area contributed by atoms with E-state index in [1.165, 1.54) is 0 Å². The van der Waals surface area contributed by atoms with Gasteiger partial charge >= 0.3 is 0 Å². The number of aromatic nitrogens is 4. The first-order valence-corrected chi connectivity index (χ1v) is 6.98. The molecule has 110 valence electrons. The van der Waals surface area contributed by atoms with E-state index in [0.29, 0.717) is 5.82 Å². The maximum absolute atomic E-state index is 9.21. The molecular formula is C14H18N6O. The van der Waals surface area contributed by atoms with E-state index in [2.05, 4.69) is 30.0 Å². The summed E-state index contributed by atoms with van der Waals surface area (Å²) in [4.78, 5) is 13.1. The smallest absolute Gasteiger partial charge is 0.156 e. The number of anilines is 2. The molecule has 2 aromatic rings. The normalized spacial score (nSPS) is 15.3. The van der Waals surface area contributed by atoms with E-state index in [9.17, 15) is 5.11 Å². The third kappa shape index (κ3) is 3.08. The molecule has 0 bridgehead atoms. The highest BCUT2D eigenvalue weighted by molar-refractivity contribution is 5.47. The molecule has 0 spiro atoms. The van der Waals surface area contributed by atoms with Gasteiger partial charge in [-0.2, -0.15) is 10.2 Å². The highest BCUT2D eigenvalue weighted by atomic mass is 16.3. The van der Waals surface area contributed by atoms with E-state index < -0.39 is 0 Å². The van der Waals surface area contributed by atoms with E-state index in [0.717, 1.165) is 43.4 Å². The molecule has 3 heterocycles. The molecule has 1 N–H and O–H groups in total. The minimum Gasteiger partial charge on any atom is -0.388 e. The zero-order valence-corrected chi connectivity index (χ0v) is 12.0. The summed E-state index contributed by atoms with van der Waals surface area (Å²) in [6.45, 7) is 5.36. The summed E-state index contributed by atoms with van der Waals surface area (Å²) in [7, 11) is 0. The lowest BCUT2D eigenvalue weighted by molar-refractivity contribution is 0.271. The van der Waals surface area contributed by atoms with E-state index in [4.69, 9.17) is 0 Å². The molecule has 0 amide bonds. The van der Waals surface area contributed by atoms with Crippen molar-refractivity contribution in [2.24, 2.45) is 0 Å². The largest absolute Gasteiger partial charge is 0.388 e. The maximum atomic E-state index is 9.21. The number of aryl methyl sites for hydroxylation is 1. The molecule has 1 aliphatic rings. The van der Waals surface area contributed by atoms with Gasteiger partial charge in [0.25, 0.3) is 0 Å². The molecule has 7 heteroatoms. The zero-order chi connectivity index (χ0) is 14.7. The average molecular weight is 286 g/mol. The van der Waals surface area contributed by atoms with E-state index in [-0.39, 0.29) is 6.61 Å². The van der Waals surface area contributed by atoms with Crippen LogP contribution < -0.4 is 9.80 Å². The van der Waals surface area contributed by atoms with Crippen molar-refractivity contribution in [3.8, 4) is 0 Å². The van der Waals surface area contributed by atoms with Crippen LogP contribution in [0.3, 0.4) is 0 Å². The highest BCUT2D eigenvalue weighted by Gasteiger charge is 2.19. The monoisotopic (exact) mass is 286 g/mol. The third-order valence-corrected chi connectivity index (χ3v) is 3.57. The minimum atomic E-state index is -0.128. The molecule has 7 nitrogen and oxygen atoms in total. The quantitative estimate of drug-likeness (QED) is 0.874. The Morgan fingerprint density at radius 2 is 1.86 bits per heavy atom. The number of nitrogens with zero attached hydrogens (tertiary/aromatic N) is 6. The molecule has 0 saturated carbocycles. The van der Waals surface area contributed by atoms with Crippen LogP contribution in [0, 0.1) is 6.92 Å². The Morgan fingerprint density at radius 3 is 2.52 bits per heavy atom. The molecular weight excluding hydrogens is 268 g/mol. The fraction of sp³-hybridized carbons (Fsp3) is 0.429. The van der Waals surface area contributed by atoms with Crippen LogP contribution in [0.4, 0.5) is 11.5 Å². The van der Waals surface area contributed by atoms with Gasteiger partial charge in [-0.25, -0.2) is 9.97 Å². The second kappa shape index (κ2) is 6.01. The van der Waals surface area contributed by atoms with Crippen molar-refractivity contribution >= 4 is 11.5 Å². The number of aliphatic hydroxyl groups excluding tert-OH is 1. The number of hydrogen-bond acceptors (Lipinski definition) is 7. The fourth-order valence-electron chi connectivity index (χ4n) is 2.51. The Balaban J connectivity index is 1.70. The number of rotatable bonds is 3. The fourth-order valence-corrected chi connectivity index (χ4v) is 2.51. The standard InChI is InChI=1S/C14H18N6O/c1-11-8-14(18-13(10-21)17-11)20-6-4-19(5-7-20)12-2-3-15-16-9-12/h2-3,8-9,21H,4-7,10H2,1H3. The predicted molar refractivity (Wildman–Crippen MR) is 79.1 cm³/mol. The van der Waals surface area contributed by atoms with Gasteiger partial charge in [0.05, 0.1) is 18.1 Å². The summed E-state index contributed by atoms with van der Waals surface area (Å²) in [5.41, 5.74) is 1.98. The van der Waals surface area contributed by atoms with Crippen molar-refractivity contribution in [1.82, 2.24) is 20.2 Å². The van der Waals surface area contributed by atoms with Gasteiger partial charge in [0, 0.05) is 37.9 Å². The summed E-state index contributed by atoms with van der Waals surface area (Å²) in [6, 6.07) is 3.93. The van der Waals surface area contributed by atoms with Crippen LogP contribution >= 0.6 is 0 Å². The topological polar surface area (TPSA) is 78.3 Å². The van der Waals surface area contributed by atoms with Crippen LogP contribution in [0.15, 0.2) is 24.5 Å². The molecule has 0 aromatic carbocycles. The molecule has 21 heavy (non-hydrogen) atoms. The summed E-state index contributed by atoms with van der Waals surface area (Å²) >= 11 is 0. The molecule has 1 fully saturated rings. The van der Waals surface area contributed by atoms with Crippen LogP contribution in [0.25, 0.3) is 0 Å². The second-order valence-corrected chi connectivity index (χ2v) is 5.02. The van der Waals surface area contributed by atoms with Crippen molar-refractivity contribution < 1.29 is 5.11 Å². The number of hydrogen-bond donors (Lipinski definition) is 1. The summed E-state index contributed by atoms with van der Waals surface area (Å²) in [5, 5.41) is 16.9. The van der Waals surface area contributed by atoms with E-state index in [1.54, 1.807) is 12.4 Å². The van der Waals surface area contributed by atoms with Gasteiger partial charge < -0.3 is 14.9 Å². The van der Waals surface area contributed by atoms with Gasteiger partial charge in [-0.05, 0) is 13.0 Å². The molecule has 3 rings (SSSR count). The third-order valence-electron chi connectivity index (χ3n) is 3.57. The van der Waals surface area contributed by atoms with E-state index in [1.807, 2.05) is 19.1 Å². The lowest BCUT2D eigenvalue weighted by atomic mass is 10.2. The van der Waals surface area contributed by atoms with Gasteiger partial charge in [-0.1, -0.05) is 0 Å². The van der Waals surface area contributed by atoms with Crippen molar-refractivity contribution in [1.29, 1.82) is 0 Å². The summed E-state index contributed by atoms with van der Waals surface area (Å²) in [5.74, 6) is 1.37. The van der Waals surface area contributed by atoms with Crippen LogP contribution in [0.2, 0.25) is 0 Å². The van der Waals surface area contributed by atoms with Crippen LogP contribution in [0.5, 0.6) is 0 Å². The van der Waals surface area contributed by atoms with Gasteiger partial charge in [-0.15, -0.1) is 0 Å². The zero-order valence-electron chi connectivity index (χ0n) is 12.0. The van der Waals surface area contributed by atoms with Crippen LogP contribution in [0.1, 0.15) is 11.5 Å². The Hall–Kier alpha value is -2.28. The SMILES string of the molecule is Cc1cc(N2CCN(c3ccnnc3)CC2)nc(CO)n1.